The molecule has 2 heterocycles. The molecule has 2 aliphatic heterocycles. The zero-order chi connectivity index (χ0) is 13.9. The minimum atomic E-state index is -0.339. The quantitative estimate of drug-likeness (QED) is 0.853. The van der Waals surface area contributed by atoms with Gasteiger partial charge in [-0.2, -0.15) is 0 Å². The van der Waals surface area contributed by atoms with Crippen LogP contribution in [-0.4, -0.2) is 38.9 Å². The Hall–Kier alpha value is -1.75. The molecule has 1 fully saturated rings. The lowest BCUT2D eigenvalue weighted by atomic mass is 9.99. The highest BCUT2D eigenvalue weighted by molar-refractivity contribution is 5.68. The summed E-state index contributed by atoms with van der Waals surface area (Å²) in [6, 6.07) is 6.72. The lowest BCUT2D eigenvalue weighted by molar-refractivity contribution is 0.167. The predicted octanol–water partition coefficient (Wildman–Crippen LogP) is 1.27. The van der Waals surface area contributed by atoms with Crippen LogP contribution in [0.3, 0.4) is 0 Å². The highest BCUT2D eigenvalue weighted by atomic mass is 16.5. The maximum absolute atomic E-state index is 11.3. The smallest absolute Gasteiger partial charge is 0.407 e. The number of methoxy groups -OCH3 is 1. The summed E-state index contributed by atoms with van der Waals surface area (Å²) in [5.41, 5.74) is 4.17. The summed E-state index contributed by atoms with van der Waals surface area (Å²) in [6.07, 6.45) is 1.72. The number of carbonyl (C=O) groups is 1. The number of nitrogens with zero attached hydrogens (tertiary/aromatic N) is 1. The first-order valence-corrected chi connectivity index (χ1v) is 7.19. The molecule has 0 aliphatic carbocycles. The van der Waals surface area contributed by atoms with Crippen molar-refractivity contribution in [1.29, 1.82) is 0 Å². The number of hydrogen-bond donors (Lipinski definition) is 2. The maximum Gasteiger partial charge on any atom is 0.407 e. The Balaban J connectivity index is 1.73. The molecular formula is C15H21N3O2. The van der Waals surface area contributed by atoms with Gasteiger partial charge in [-0.15, -0.1) is 0 Å². The largest absolute Gasteiger partial charge is 0.453 e. The Morgan fingerprint density at radius 3 is 3.25 bits per heavy atom. The van der Waals surface area contributed by atoms with E-state index in [0.717, 1.165) is 39.0 Å². The fourth-order valence-corrected chi connectivity index (χ4v) is 3.11. The molecule has 0 aromatic heterocycles. The molecule has 1 aromatic rings. The predicted molar refractivity (Wildman–Crippen MR) is 78.0 cm³/mol. The van der Waals surface area contributed by atoms with E-state index in [0.29, 0.717) is 0 Å². The molecule has 0 spiro atoms. The van der Waals surface area contributed by atoms with Gasteiger partial charge in [-0.3, -0.25) is 0 Å². The third-order valence-electron chi connectivity index (χ3n) is 4.16. The number of hydrogen-bond acceptors (Lipinski definition) is 4. The lowest BCUT2D eigenvalue weighted by Crippen LogP contribution is -2.37. The second-order valence-electron chi connectivity index (χ2n) is 5.41. The van der Waals surface area contributed by atoms with Crippen molar-refractivity contribution in [3.05, 3.63) is 29.3 Å². The summed E-state index contributed by atoms with van der Waals surface area (Å²) in [6.45, 7) is 3.83. The zero-order valence-corrected chi connectivity index (χ0v) is 11.8. The molecule has 108 valence electrons. The van der Waals surface area contributed by atoms with E-state index in [9.17, 15) is 4.79 Å². The third-order valence-corrected chi connectivity index (χ3v) is 4.16. The standard InChI is InChI=1S/C15H21N3O2/c1-20-15(19)17-12-6-8-18(10-12)14-4-2-3-11-5-7-16-9-13(11)14/h2-4,12,16H,5-10H2,1H3,(H,17,19). The molecule has 0 radical (unpaired) electrons. The summed E-state index contributed by atoms with van der Waals surface area (Å²) in [4.78, 5) is 13.6. The number of rotatable bonds is 2. The summed E-state index contributed by atoms with van der Waals surface area (Å²) < 4.78 is 4.67. The fourth-order valence-electron chi connectivity index (χ4n) is 3.11. The summed E-state index contributed by atoms with van der Waals surface area (Å²) in [5.74, 6) is 0. The zero-order valence-electron chi connectivity index (χ0n) is 11.8. The second kappa shape index (κ2) is 5.71. The first kappa shape index (κ1) is 13.2. The van der Waals surface area contributed by atoms with Crippen molar-refractivity contribution in [2.45, 2.75) is 25.4 Å². The summed E-state index contributed by atoms with van der Waals surface area (Å²) >= 11 is 0. The van der Waals surface area contributed by atoms with Crippen LogP contribution in [-0.2, 0) is 17.7 Å². The van der Waals surface area contributed by atoms with Gasteiger partial charge in [0, 0.05) is 25.3 Å². The molecule has 1 saturated heterocycles. The van der Waals surface area contributed by atoms with Crippen LogP contribution in [0.15, 0.2) is 18.2 Å². The van der Waals surface area contributed by atoms with Gasteiger partial charge in [-0.1, -0.05) is 12.1 Å². The number of amides is 1. The molecule has 20 heavy (non-hydrogen) atoms. The Kier molecular flexibility index (Phi) is 3.78. The number of benzene rings is 1. The highest BCUT2D eigenvalue weighted by Crippen LogP contribution is 2.29. The monoisotopic (exact) mass is 275 g/mol. The van der Waals surface area contributed by atoms with Gasteiger partial charge in [-0.25, -0.2) is 4.79 Å². The van der Waals surface area contributed by atoms with Crippen LogP contribution >= 0.6 is 0 Å². The number of alkyl carbamates (subject to hydrolysis) is 1. The summed E-state index contributed by atoms with van der Waals surface area (Å²) in [5, 5.41) is 6.33. The SMILES string of the molecule is COC(=O)NC1CCN(c2cccc3c2CNCC3)C1. The molecule has 1 amide bonds. The molecule has 1 atom stereocenters. The number of fused-ring (bicyclic) bond motifs is 1. The van der Waals surface area contributed by atoms with Crippen molar-refractivity contribution in [2.75, 3.05) is 31.6 Å². The van der Waals surface area contributed by atoms with E-state index in [1.807, 2.05) is 0 Å². The van der Waals surface area contributed by atoms with Crippen LogP contribution in [0.2, 0.25) is 0 Å². The van der Waals surface area contributed by atoms with Gasteiger partial charge in [-0.05, 0) is 36.6 Å². The average molecular weight is 275 g/mol. The topological polar surface area (TPSA) is 53.6 Å². The molecule has 0 bridgehead atoms. The number of anilines is 1. The third kappa shape index (κ3) is 2.58. The molecule has 5 heteroatoms. The van der Waals surface area contributed by atoms with Gasteiger partial charge in [0.2, 0.25) is 0 Å². The number of ether oxygens (including phenoxy) is 1. The lowest BCUT2D eigenvalue weighted by Gasteiger charge is -2.26. The Morgan fingerprint density at radius 2 is 2.40 bits per heavy atom. The van der Waals surface area contributed by atoms with Gasteiger partial charge in [0.15, 0.2) is 0 Å². The molecule has 0 saturated carbocycles. The van der Waals surface area contributed by atoms with Crippen molar-refractivity contribution < 1.29 is 9.53 Å². The van der Waals surface area contributed by atoms with E-state index < -0.39 is 0 Å². The van der Waals surface area contributed by atoms with Gasteiger partial charge in [0.25, 0.3) is 0 Å². The molecule has 2 N–H and O–H groups in total. The molecule has 2 aliphatic rings. The molecule has 3 rings (SSSR count). The first-order chi connectivity index (χ1) is 9.78. The van der Waals surface area contributed by atoms with Gasteiger partial charge < -0.3 is 20.3 Å². The van der Waals surface area contributed by atoms with Crippen LogP contribution in [0.1, 0.15) is 17.5 Å². The van der Waals surface area contributed by atoms with Crippen molar-refractivity contribution in [3.63, 3.8) is 0 Å². The van der Waals surface area contributed by atoms with E-state index >= 15 is 0 Å². The fraction of sp³-hybridized carbons (Fsp3) is 0.533. The van der Waals surface area contributed by atoms with Crippen LogP contribution < -0.4 is 15.5 Å². The van der Waals surface area contributed by atoms with Crippen molar-refractivity contribution >= 4 is 11.8 Å². The van der Waals surface area contributed by atoms with Crippen molar-refractivity contribution in [3.8, 4) is 0 Å². The Labute approximate surface area is 119 Å². The van der Waals surface area contributed by atoms with E-state index in [-0.39, 0.29) is 12.1 Å². The van der Waals surface area contributed by atoms with E-state index in [1.165, 1.54) is 23.9 Å². The van der Waals surface area contributed by atoms with Crippen LogP contribution in [0.4, 0.5) is 10.5 Å². The van der Waals surface area contributed by atoms with Gasteiger partial charge in [0.1, 0.15) is 0 Å². The Morgan fingerprint density at radius 1 is 1.50 bits per heavy atom. The molecular weight excluding hydrogens is 254 g/mol. The van der Waals surface area contributed by atoms with Crippen molar-refractivity contribution in [1.82, 2.24) is 10.6 Å². The normalized spacial score (nSPS) is 21.4. The number of carbonyl (C=O) groups excluding carboxylic acids is 1. The maximum atomic E-state index is 11.3. The first-order valence-electron chi connectivity index (χ1n) is 7.19. The summed E-state index contributed by atoms with van der Waals surface area (Å²) in [7, 11) is 1.40. The van der Waals surface area contributed by atoms with E-state index in [2.05, 4.69) is 38.5 Å². The molecule has 1 aromatic carbocycles. The molecule has 5 nitrogen and oxygen atoms in total. The highest BCUT2D eigenvalue weighted by Gasteiger charge is 2.26. The van der Waals surface area contributed by atoms with Crippen LogP contribution in [0, 0.1) is 0 Å². The molecule has 1 unspecified atom stereocenters. The van der Waals surface area contributed by atoms with E-state index in [4.69, 9.17) is 0 Å². The minimum Gasteiger partial charge on any atom is -0.453 e. The van der Waals surface area contributed by atoms with Crippen LogP contribution in [0.25, 0.3) is 0 Å². The van der Waals surface area contributed by atoms with Crippen molar-refractivity contribution in [2.24, 2.45) is 0 Å². The van der Waals surface area contributed by atoms with Gasteiger partial charge >= 0.3 is 6.09 Å². The van der Waals surface area contributed by atoms with Crippen LogP contribution in [0.5, 0.6) is 0 Å². The minimum absolute atomic E-state index is 0.176. The van der Waals surface area contributed by atoms with E-state index in [1.54, 1.807) is 0 Å². The van der Waals surface area contributed by atoms with Gasteiger partial charge in [0.05, 0.1) is 13.2 Å². The second-order valence-corrected chi connectivity index (χ2v) is 5.41. The Bertz CT molecular complexity index is 504. The number of nitrogens with one attached hydrogen (secondary N) is 2. The average Bonchev–Trinajstić information content (AvgIpc) is 2.94.